The molecule has 2 aromatic carbocycles. The Balaban J connectivity index is 1.83. The van der Waals surface area contributed by atoms with Gasteiger partial charge in [0.15, 0.2) is 0 Å². The van der Waals surface area contributed by atoms with Crippen molar-refractivity contribution >= 4 is 19.2 Å². The van der Waals surface area contributed by atoms with Crippen molar-refractivity contribution in [3.05, 3.63) is 60.7 Å². The van der Waals surface area contributed by atoms with Gasteiger partial charge in [0.1, 0.15) is 8.80 Å². The lowest BCUT2D eigenvalue weighted by atomic mass is 9.91. The first kappa shape index (κ1) is 13.6. The van der Waals surface area contributed by atoms with Crippen LogP contribution in [0.2, 0.25) is 6.04 Å². The van der Waals surface area contributed by atoms with Crippen LogP contribution in [0.3, 0.4) is 0 Å². The van der Waals surface area contributed by atoms with Gasteiger partial charge in [-0.05, 0) is 12.0 Å². The third kappa shape index (κ3) is 3.40. The summed E-state index contributed by atoms with van der Waals surface area (Å²) in [7, 11) is -0.599. The van der Waals surface area contributed by atoms with Crippen LogP contribution in [0, 0.1) is 5.92 Å². The molecule has 3 rings (SSSR count). The maximum Gasteiger partial charge on any atom is 0.121 e. The molecule has 1 aliphatic carbocycles. The van der Waals surface area contributed by atoms with Crippen LogP contribution < -0.4 is 10.4 Å². The standard InChI is InChI=1S/C19H23Si/c1-4-10-17(11-5-1)16-20(18-12-6-2-7-13-18)19-14-8-3-9-15-19/h2-3,6-9,12-15,17H,1,4-5,10-11,16H2. The van der Waals surface area contributed by atoms with E-state index in [2.05, 4.69) is 60.7 Å². The van der Waals surface area contributed by atoms with Crippen molar-refractivity contribution in [3.63, 3.8) is 0 Å². The van der Waals surface area contributed by atoms with Gasteiger partial charge in [-0.2, -0.15) is 0 Å². The Morgan fingerprint density at radius 2 is 1.20 bits per heavy atom. The number of benzene rings is 2. The molecule has 0 saturated heterocycles. The summed E-state index contributed by atoms with van der Waals surface area (Å²) in [6, 6.07) is 23.8. The Hall–Kier alpha value is -1.34. The lowest BCUT2D eigenvalue weighted by Crippen LogP contribution is -2.43. The molecular weight excluding hydrogens is 256 g/mol. The molecule has 1 fully saturated rings. The van der Waals surface area contributed by atoms with E-state index in [1.165, 1.54) is 38.1 Å². The smallest absolute Gasteiger partial charge is 0.0628 e. The van der Waals surface area contributed by atoms with Gasteiger partial charge in [-0.1, -0.05) is 103 Å². The largest absolute Gasteiger partial charge is 0.121 e. The Bertz CT molecular complexity index is 460. The maximum absolute atomic E-state index is 2.34. The van der Waals surface area contributed by atoms with E-state index in [0.717, 1.165) is 5.92 Å². The van der Waals surface area contributed by atoms with Gasteiger partial charge in [0.05, 0.1) is 0 Å². The van der Waals surface area contributed by atoms with Crippen LogP contribution in [0.1, 0.15) is 32.1 Å². The SMILES string of the molecule is c1ccc([Si](CC2CCCCC2)c2ccccc2)cc1. The molecule has 0 unspecified atom stereocenters. The second kappa shape index (κ2) is 6.89. The summed E-state index contributed by atoms with van der Waals surface area (Å²) in [5.74, 6) is 0.957. The van der Waals surface area contributed by atoms with Crippen LogP contribution in [-0.2, 0) is 0 Å². The lowest BCUT2D eigenvalue weighted by molar-refractivity contribution is 0.384. The van der Waals surface area contributed by atoms with E-state index in [-0.39, 0.29) is 0 Å². The summed E-state index contributed by atoms with van der Waals surface area (Å²) in [6.45, 7) is 0. The van der Waals surface area contributed by atoms with Crippen LogP contribution in [-0.4, -0.2) is 8.80 Å². The Morgan fingerprint density at radius 1 is 0.700 bits per heavy atom. The first-order chi connectivity index (χ1) is 9.93. The molecule has 0 amide bonds. The van der Waals surface area contributed by atoms with Gasteiger partial charge in [-0.3, -0.25) is 0 Å². The minimum absolute atomic E-state index is 0.599. The minimum Gasteiger partial charge on any atom is -0.0628 e. The van der Waals surface area contributed by atoms with Crippen molar-refractivity contribution < 1.29 is 0 Å². The average Bonchev–Trinajstić information content (AvgIpc) is 2.55. The molecule has 0 bridgehead atoms. The summed E-state index contributed by atoms with van der Waals surface area (Å²) in [4.78, 5) is 0. The number of hydrogen-bond donors (Lipinski definition) is 0. The number of hydrogen-bond acceptors (Lipinski definition) is 0. The zero-order chi connectivity index (χ0) is 13.6. The summed E-state index contributed by atoms with van der Waals surface area (Å²) < 4.78 is 0. The summed E-state index contributed by atoms with van der Waals surface area (Å²) >= 11 is 0. The van der Waals surface area contributed by atoms with Crippen LogP contribution in [0.25, 0.3) is 0 Å². The molecule has 0 nitrogen and oxygen atoms in total. The molecule has 20 heavy (non-hydrogen) atoms. The molecule has 103 valence electrons. The van der Waals surface area contributed by atoms with Crippen molar-refractivity contribution in [2.75, 3.05) is 0 Å². The van der Waals surface area contributed by atoms with Crippen molar-refractivity contribution in [2.45, 2.75) is 38.1 Å². The highest BCUT2D eigenvalue weighted by Gasteiger charge is 2.23. The molecule has 1 heteroatoms. The highest BCUT2D eigenvalue weighted by molar-refractivity contribution is 6.85. The maximum atomic E-state index is 2.34. The van der Waals surface area contributed by atoms with Crippen molar-refractivity contribution in [1.82, 2.24) is 0 Å². The van der Waals surface area contributed by atoms with Crippen LogP contribution >= 0.6 is 0 Å². The normalized spacial score (nSPS) is 16.4. The van der Waals surface area contributed by atoms with E-state index in [0.29, 0.717) is 0 Å². The van der Waals surface area contributed by atoms with Crippen molar-refractivity contribution in [2.24, 2.45) is 5.92 Å². The summed E-state index contributed by atoms with van der Waals surface area (Å²) in [6.07, 6.45) is 7.25. The molecule has 0 spiro atoms. The first-order valence-corrected chi connectivity index (χ1v) is 9.61. The van der Waals surface area contributed by atoms with Crippen molar-refractivity contribution in [3.8, 4) is 0 Å². The Kier molecular flexibility index (Phi) is 4.70. The third-order valence-corrected chi connectivity index (χ3v) is 7.51. The highest BCUT2D eigenvalue weighted by atomic mass is 28.3. The zero-order valence-corrected chi connectivity index (χ0v) is 13.1. The van der Waals surface area contributed by atoms with Gasteiger partial charge in [0.25, 0.3) is 0 Å². The van der Waals surface area contributed by atoms with E-state index in [4.69, 9.17) is 0 Å². The van der Waals surface area contributed by atoms with Crippen LogP contribution in [0.15, 0.2) is 60.7 Å². The molecule has 1 radical (unpaired) electrons. The van der Waals surface area contributed by atoms with Gasteiger partial charge in [-0.15, -0.1) is 0 Å². The molecule has 2 aromatic rings. The lowest BCUT2D eigenvalue weighted by Gasteiger charge is -2.26. The summed E-state index contributed by atoms with van der Waals surface area (Å²) in [5.41, 5.74) is 0. The predicted octanol–water partition coefficient (Wildman–Crippen LogP) is 3.88. The molecule has 0 aliphatic heterocycles. The molecule has 1 aliphatic rings. The van der Waals surface area contributed by atoms with E-state index < -0.39 is 8.80 Å². The first-order valence-electron chi connectivity index (χ1n) is 7.90. The third-order valence-electron chi connectivity index (χ3n) is 4.46. The highest BCUT2D eigenvalue weighted by Crippen LogP contribution is 2.27. The zero-order valence-electron chi connectivity index (χ0n) is 12.1. The van der Waals surface area contributed by atoms with Gasteiger partial charge in [-0.25, -0.2) is 0 Å². The molecule has 1 saturated carbocycles. The molecule has 0 aromatic heterocycles. The van der Waals surface area contributed by atoms with Crippen LogP contribution in [0.5, 0.6) is 0 Å². The quantitative estimate of drug-likeness (QED) is 0.745. The van der Waals surface area contributed by atoms with Gasteiger partial charge in [0, 0.05) is 0 Å². The second-order valence-electron chi connectivity index (χ2n) is 5.92. The molecule has 0 heterocycles. The fraction of sp³-hybridized carbons (Fsp3) is 0.368. The fourth-order valence-electron chi connectivity index (χ4n) is 3.36. The Morgan fingerprint density at radius 3 is 1.70 bits per heavy atom. The topological polar surface area (TPSA) is 0 Å². The second-order valence-corrected chi connectivity index (χ2v) is 8.44. The molecule has 0 atom stereocenters. The monoisotopic (exact) mass is 279 g/mol. The summed E-state index contributed by atoms with van der Waals surface area (Å²) in [5, 5.41) is 3.16. The van der Waals surface area contributed by atoms with Crippen LogP contribution in [0.4, 0.5) is 0 Å². The fourth-order valence-corrected chi connectivity index (χ4v) is 6.34. The van der Waals surface area contributed by atoms with E-state index >= 15 is 0 Å². The van der Waals surface area contributed by atoms with E-state index in [9.17, 15) is 0 Å². The van der Waals surface area contributed by atoms with Gasteiger partial charge < -0.3 is 0 Å². The van der Waals surface area contributed by atoms with Crippen molar-refractivity contribution in [1.29, 1.82) is 0 Å². The van der Waals surface area contributed by atoms with E-state index in [1.54, 1.807) is 10.4 Å². The minimum atomic E-state index is -0.599. The number of rotatable bonds is 4. The Labute approximate surface area is 124 Å². The predicted molar refractivity (Wildman–Crippen MR) is 89.3 cm³/mol. The average molecular weight is 279 g/mol. The molecular formula is C19H23Si. The van der Waals surface area contributed by atoms with Gasteiger partial charge in [0.2, 0.25) is 0 Å². The van der Waals surface area contributed by atoms with Gasteiger partial charge >= 0.3 is 0 Å². The van der Waals surface area contributed by atoms with E-state index in [1.807, 2.05) is 0 Å². The molecule has 0 N–H and O–H groups in total.